The smallest absolute Gasteiger partial charge is 0.105 e. The van der Waals surface area contributed by atoms with Crippen molar-refractivity contribution in [2.75, 3.05) is 19.0 Å². The zero-order chi connectivity index (χ0) is 14.7. The van der Waals surface area contributed by atoms with Gasteiger partial charge in [-0.2, -0.15) is 0 Å². The van der Waals surface area contributed by atoms with E-state index in [1.165, 1.54) is 16.8 Å². The number of nitrogens with zero attached hydrogens (tertiary/aromatic N) is 1. The second-order valence-corrected chi connectivity index (χ2v) is 5.99. The fraction of sp³-hybridized carbons (Fsp3) is 0.375. The van der Waals surface area contributed by atoms with Crippen molar-refractivity contribution in [2.24, 2.45) is 0 Å². The number of benzene rings is 1. The van der Waals surface area contributed by atoms with Crippen LogP contribution >= 0.6 is 15.9 Å². The summed E-state index contributed by atoms with van der Waals surface area (Å²) in [6, 6.07) is 8.76. The lowest BCUT2D eigenvalue weighted by Gasteiger charge is -2.25. The van der Waals surface area contributed by atoms with E-state index >= 15 is 0 Å². The van der Waals surface area contributed by atoms with Crippen molar-refractivity contribution < 1.29 is 4.42 Å². The number of hydrogen-bond acceptors (Lipinski definition) is 3. The van der Waals surface area contributed by atoms with Gasteiger partial charge in [0.15, 0.2) is 0 Å². The maximum atomic E-state index is 5.38. The molecule has 1 aromatic heterocycles. The highest BCUT2D eigenvalue weighted by molar-refractivity contribution is 9.10. The Hall–Kier alpha value is -1.26. The predicted molar refractivity (Wildman–Crippen MR) is 87.2 cm³/mol. The van der Waals surface area contributed by atoms with E-state index < -0.39 is 0 Å². The summed E-state index contributed by atoms with van der Waals surface area (Å²) in [4.78, 5) is 2.26. The molecule has 108 valence electrons. The summed E-state index contributed by atoms with van der Waals surface area (Å²) in [6.07, 6.45) is 1.75. The molecule has 1 unspecified atom stereocenters. The Kier molecular flexibility index (Phi) is 4.89. The fourth-order valence-electron chi connectivity index (χ4n) is 2.29. The van der Waals surface area contributed by atoms with Gasteiger partial charge >= 0.3 is 0 Å². The summed E-state index contributed by atoms with van der Waals surface area (Å²) < 4.78 is 6.47. The van der Waals surface area contributed by atoms with Crippen LogP contribution in [-0.2, 0) is 6.54 Å². The van der Waals surface area contributed by atoms with E-state index in [9.17, 15) is 0 Å². The lowest BCUT2D eigenvalue weighted by atomic mass is 10.1. The van der Waals surface area contributed by atoms with Crippen LogP contribution in [0.15, 0.2) is 39.4 Å². The van der Waals surface area contributed by atoms with Gasteiger partial charge in [0.05, 0.1) is 6.26 Å². The number of furan rings is 1. The minimum absolute atomic E-state index is 0.311. The molecule has 0 radical (unpaired) electrons. The number of aryl methyl sites for hydroxylation is 1. The average molecular weight is 337 g/mol. The molecule has 0 amide bonds. The summed E-state index contributed by atoms with van der Waals surface area (Å²) in [5.74, 6) is 0.982. The summed E-state index contributed by atoms with van der Waals surface area (Å²) in [7, 11) is 4.09. The van der Waals surface area contributed by atoms with Gasteiger partial charge in [-0.25, -0.2) is 0 Å². The van der Waals surface area contributed by atoms with Crippen LogP contribution in [0.4, 0.5) is 5.69 Å². The number of nitrogens with one attached hydrogen (secondary N) is 1. The molecular formula is C16H21BrN2O. The van der Waals surface area contributed by atoms with Crippen molar-refractivity contribution in [1.29, 1.82) is 0 Å². The topological polar surface area (TPSA) is 28.4 Å². The second-order valence-electron chi connectivity index (χ2n) is 5.07. The van der Waals surface area contributed by atoms with Crippen molar-refractivity contribution in [1.82, 2.24) is 5.32 Å². The molecule has 0 aliphatic rings. The second kappa shape index (κ2) is 6.46. The SMILES string of the molecule is CNC(C)c1ccc(Br)cc1N(C)Cc1ccoc1C. The Balaban J connectivity index is 2.30. The Bertz CT molecular complexity index is 580. The van der Waals surface area contributed by atoms with Gasteiger partial charge in [-0.3, -0.25) is 0 Å². The molecule has 20 heavy (non-hydrogen) atoms. The third-order valence-corrected chi connectivity index (χ3v) is 4.17. The minimum Gasteiger partial charge on any atom is -0.469 e. The van der Waals surface area contributed by atoms with Gasteiger partial charge in [-0.1, -0.05) is 22.0 Å². The third-order valence-electron chi connectivity index (χ3n) is 3.68. The molecule has 0 bridgehead atoms. The maximum absolute atomic E-state index is 5.38. The van der Waals surface area contributed by atoms with E-state index in [1.54, 1.807) is 6.26 Å². The van der Waals surface area contributed by atoms with Crippen LogP contribution in [0, 0.1) is 6.92 Å². The number of halogens is 1. The van der Waals surface area contributed by atoms with Crippen LogP contribution in [0.2, 0.25) is 0 Å². The van der Waals surface area contributed by atoms with Crippen molar-refractivity contribution in [2.45, 2.75) is 26.4 Å². The molecule has 0 saturated carbocycles. The van der Waals surface area contributed by atoms with Crippen molar-refractivity contribution in [3.05, 3.63) is 51.9 Å². The molecule has 0 fully saturated rings. The molecule has 0 saturated heterocycles. The van der Waals surface area contributed by atoms with Crippen LogP contribution in [0.1, 0.15) is 29.9 Å². The molecule has 3 nitrogen and oxygen atoms in total. The molecule has 0 spiro atoms. The molecule has 1 N–H and O–H groups in total. The van der Waals surface area contributed by atoms with E-state index in [0.717, 1.165) is 16.8 Å². The highest BCUT2D eigenvalue weighted by Gasteiger charge is 2.14. The van der Waals surface area contributed by atoms with Crippen LogP contribution in [-0.4, -0.2) is 14.1 Å². The molecule has 0 aliphatic carbocycles. The van der Waals surface area contributed by atoms with Gasteiger partial charge in [0.1, 0.15) is 5.76 Å². The molecule has 1 aromatic carbocycles. The van der Waals surface area contributed by atoms with E-state index in [2.05, 4.69) is 58.3 Å². The summed E-state index contributed by atoms with van der Waals surface area (Å²) in [5.41, 5.74) is 3.73. The van der Waals surface area contributed by atoms with Crippen molar-refractivity contribution in [3.8, 4) is 0 Å². The highest BCUT2D eigenvalue weighted by atomic mass is 79.9. The van der Waals surface area contributed by atoms with Gasteiger partial charge in [-0.15, -0.1) is 0 Å². The van der Waals surface area contributed by atoms with Gasteiger partial charge in [0.2, 0.25) is 0 Å². The molecule has 2 aromatic rings. The number of rotatable bonds is 5. The molecule has 4 heteroatoms. The van der Waals surface area contributed by atoms with Crippen LogP contribution < -0.4 is 10.2 Å². The largest absolute Gasteiger partial charge is 0.469 e. The van der Waals surface area contributed by atoms with E-state index in [4.69, 9.17) is 4.42 Å². The number of hydrogen-bond donors (Lipinski definition) is 1. The zero-order valence-corrected chi connectivity index (χ0v) is 14.0. The van der Waals surface area contributed by atoms with Gasteiger partial charge < -0.3 is 14.6 Å². The van der Waals surface area contributed by atoms with E-state index in [1.807, 2.05) is 20.0 Å². The minimum atomic E-state index is 0.311. The first-order chi connectivity index (χ1) is 9.52. The maximum Gasteiger partial charge on any atom is 0.105 e. The number of anilines is 1. The van der Waals surface area contributed by atoms with Gasteiger partial charge in [-0.05, 0) is 44.7 Å². The molecule has 0 aliphatic heterocycles. The predicted octanol–water partition coefficient (Wildman–Crippen LogP) is 4.27. The first-order valence-corrected chi connectivity index (χ1v) is 7.53. The molecule has 1 heterocycles. The Labute approximate surface area is 129 Å². The zero-order valence-electron chi connectivity index (χ0n) is 12.4. The lowest BCUT2D eigenvalue weighted by Crippen LogP contribution is -2.21. The fourth-order valence-corrected chi connectivity index (χ4v) is 2.63. The highest BCUT2D eigenvalue weighted by Crippen LogP contribution is 2.30. The van der Waals surface area contributed by atoms with Crippen LogP contribution in [0.3, 0.4) is 0 Å². The van der Waals surface area contributed by atoms with Gasteiger partial charge in [0, 0.05) is 35.4 Å². The summed E-state index contributed by atoms with van der Waals surface area (Å²) in [6.45, 7) is 5.01. The lowest BCUT2D eigenvalue weighted by molar-refractivity contribution is 0.529. The quantitative estimate of drug-likeness (QED) is 0.883. The average Bonchev–Trinajstić information content (AvgIpc) is 2.83. The molecule has 2 rings (SSSR count). The Morgan fingerprint density at radius 1 is 1.35 bits per heavy atom. The normalized spacial score (nSPS) is 12.4. The van der Waals surface area contributed by atoms with Gasteiger partial charge in [0.25, 0.3) is 0 Å². The van der Waals surface area contributed by atoms with E-state index in [0.29, 0.717) is 6.04 Å². The van der Waals surface area contributed by atoms with Crippen LogP contribution in [0.5, 0.6) is 0 Å². The summed E-state index contributed by atoms with van der Waals surface area (Å²) in [5, 5.41) is 3.31. The first-order valence-electron chi connectivity index (χ1n) is 6.73. The van der Waals surface area contributed by atoms with E-state index in [-0.39, 0.29) is 0 Å². The standard InChI is InChI=1S/C16H21BrN2O/c1-11(18-3)15-6-5-14(17)9-16(15)19(4)10-13-7-8-20-12(13)2/h5-9,11,18H,10H2,1-4H3. The van der Waals surface area contributed by atoms with Crippen molar-refractivity contribution in [3.63, 3.8) is 0 Å². The van der Waals surface area contributed by atoms with Crippen molar-refractivity contribution >= 4 is 21.6 Å². The summed E-state index contributed by atoms with van der Waals surface area (Å²) >= 11 is 3.56. The Morgan fingerprint density at radius 2 is 2.10 bits per heavy atom. The third kappa shape index (κ3) is 3.25. The molecular weight excluding hydrogens is 316 g/mol. The Morgan fingerprint density at radius 3 is 2.70 bits per heavy atom. The first kappa shape index (κ1) is 15.1. The monoisotopic (exact) mass is 336 g/mol. The molecule has 1 atom stereocenters. The van der Waals surface area contributed by atoms with Crippen LogP contribution in [0.25, 0.3) is 0 Å².